The van der Waals surface area contributed by atoms with E-state index in [-0.39, 0.29) is 24.0 Å². The van der Waals surface area contributed by atoms with E-state index in [1.165, 1.54) is 18.1 Å². The predicted molar refractivity (Wildman–Crippen MR) is 109 cm³/mol. The number of halogens is 1. The van der Waals surface area contributed by atoms with Crippen molar-refractivity contribution in [1.29, 1.82) is 0 Å². The smallest absolute Gasteiger partial charge is 0.251 e. The van der Waals surface area contributed by atoms with Crippen LogP contribution in [0.5, 0.6) is 5.75 Å². The maximum atomic E-state index is 14.0. The van der Waals surface area contributed by atoms with E-state index in [1.54, 1.807) is 30.1 Å². The third kappa shape index (κ3) is 3.59. The Morgan fingerprint density at radius 2 is 1.83 bits per heavy atom. The van der Waals surface area contributed by atoms with Crippen LogP contribution in [0, 0.1) is 5.82 Å². The highest BCUT2D eigenvalue weighted by atomic mass is 19.1. The molecule has 1 heterocycles. The van der Waals surface area contributed by atoms with Crippen LogP contribution in [0.2, 0.25) is 0 Å². The van der Waals surface area contributed by atoms with Crippen molar-refractivity contribution < 1.29 is 18.7 Å². The number of anilines is 1. The summed E-state index contributed by atoms with van der Waals surface area (Å²) in [6.07, 6.45) is 0.0980. The molecule has 6 heteroatoms. The van der Waals surface area contributed by atoms with Gasteiger partial charge in [-0.25, -0.2) is 9.29 Å². The Hall–Kier alpha value is -3.25. The predicted octanol–water partition coefficient (Wildman–Crippen LogP) is 3.75. The maximum absolute atomic E-state index is 14.0. The second-order valence-electron chi connectivity index (χ2n) is 7.20. The van der Waals surface area contributed by atoms with Gasteiger partial charge < -0.3 is 4.74 Å². The van der Waals surface area contributed by atoms with Crippen LogP contribution in [0.25, 0.3) is 10.8 Å². The van der Waals surface area contributed by atoms with Crippen molar-refractivity contribution >= 4 is 28.3 Å². The van der Waals surface area contributed by atoms with Gasteiger partial charge in [0.05, 0.1) is 25.3 Å². The average Bonchev–Trinajstić information content (AvgIpc) is 3.02. The number of methoxy groups -OCH3 is 1. The molecule has 29 heavy (non-hydrogen) atoms. The van der Waals surface area contributed by atoms with Crippen LogP contribution in [-0.4, -0.2) is 36.9 Å². The molecular weight excluding hydrogens is 371 g/mol. The van der Waals surface area contributed by atoms with Gasteiger partial charge in [0.25, 0.3) is 5.91 Å². The van der Waals surface area contributed by atoms with E-state index in [0.717, 1.165) is 10.8 Å². The molecule has 3 aromatic rings. The van der Waals surface area contributed by atoms with Crippen LogP contribution in [-0.2, 0) is 16.1 Å². The lowest BCUT2D eigenvalue weighted by Crippen LogP contribution is -2.39. The summed E-state index contributed by atoms with van der Waals surface area (Å²) in [5, 5.41) is 2.02. The van der Waals surface area contributed by atoms with Crippen molar-refractivity contribution in [2.24, 2.45) is 0 Å². The minimum Gasteiger partial charge on any atom is -0.494 e. The van der Waals surface area contributed by atoms with E-state index < -0.39 is 11.9 Å². The highest BCUT2D eigenvalue weighted by Crippen LogP contribution is 2.29. The largest absolute Gasteiger partial charge is 0.494 e. The van der Waals surface area contributed by atoms with Gasteiger partial charge in [-0.05, 0) is 47.6 Å². The minimum absolute atomic E-state index is 0.0980. The third-order valence-corrected chi connectivity index (χ3v) is 5.29. The van der Waals surface area contributed by atoms with Crippen molar-refractivity contribution in [3.63, 3.8) is 0 Å². The number of nitrogens with zero attached hydrogens (tertiary/aromatic N) is 2. The number of benzene rings is 3. The molecule has 0 spiro atoms. The number of likely N-dealkylation sites (N-methyl/N-ethyl adjacent to an activating group) is 1. The zero-order chi connectivity index (χ0) is 20.5. The Balaban J connectivity index is 1.54. The number of carbonyl (C=O) groups is 2. The van der Waals surface area contributed by atoms with Gasteiger partial charge in [0, 0.05) is 6.54 Å². The van der Waals surface area contributed by atoms with Gasteiger partial charge in [0.15, 0.2) is 11.6 Å². The fourth-order valence-corrected chi connectivity index (χ4v) is 3.75. The molecule has 4 rings (SSSR count). The molecule has 1 atom stereocenters. The van der Waals surface area contributed by atoms with Gasteiger partial charge >= 0.3 is 0 Å². The number of amides is 2. The monoisotopic (exact) mass is 392 g/mol. The quantitative estimate of drug-likeness (QED) is 0.621. The molecule has 0 aliphatic carbocycles. The van der Waals surface area contributed by atoms with Gasteiger partial charge in [0.2, 0.25) is 5.91 Å². The van der Waals surface area contributed by atoms with Crippen LogP contribution < -0.4 is 9.64 Å². The summed E-state index contributed by atoms with van der Waals surface area (Å²) < 4.78 is 18.9. The Labute approximate surface area is 168 Å². The van der Waals surface area contributed by atoms with Crippen molar-refractivity contribution in [2.45, 2.75) is 19.0 Å². The highest BCUT2D eigenvalue weighted by Gasteiger charge is 2.41. The Morgan fingerprint density at radius 1 is 1.07 bits per heavy atom. The first-order valence-electron chi connectivity index (χ1n) is 9.36. The summed E-state index contributed by atoms with van der Waals surface area (Å²) in [4.78, 5) is 28.7. The first kappa shape index (κ1) is 19.1. The van der Waals surface area contributed by atoms with Crippen molar-refractivity contribution in [1.82, 2.24) is 4.90 Å². The topological polar surface area (TPSA) is 49.9 Å². The van der Waals surface area contributed by atoms with Crippen molar-refractivity contribution in [2.75, 3.05) is 19.1 Å². The SMILES string of the molecule is COc1ccc(CN(C)[C@H]2CC(=O)N(c3ccc4ccccc4c3)C2=O)cc1F. The molecule has 3 aromatic carbocycles. The molecule has 2 amide bonds. The second kappa shape index (κ2) is 7.64. The molecule has 1 saturated heterocycles. The zero-order valence-corrected chi connectivity index (χ0v) is 16.3. The first-order chi connectivity index (χ1) is 14.0. The summed E-state index contributed by atoms with van der Waals surface area (Å²) >= 11 is 0. The lowest BCUT2D eigenvalue weighted by molar-refractivity contribution is -0.122. The number of hydrogen-bond donors (Lipinski definition) is 0. The Kier molecular flexibility index (Phi) is 5.03. The van der Waals surface area contributed by atoms with E-state index >= 15 is 0 Å². The van der Waals surface area contributed by atoms with Gasteiger partial charge in [0.1, 0.15) is 0 Å². The number of hydrogen-bond acceptors (Lipinski definition) is 4. The molecule has 0 N–H and O–H groups in total. The normalized spacial score (nSPS) is 16.8. The van der Waals surface area contributed by atoms with E-state index in [1.807, 2.05) is 36.4 Å². The van der Waals surface area contributed by atoms with Gasteiger partial charge in [-0.3, -0.25) is 14.5 Å². The van der Waals surface area contributed by atoms with E-state index in [2.05, 4.69) is 0 Å². The molecular formula is C23H21FN2O3. The van der Waals surface area contributed by atoms with Gasteiger partial charge in [-0.1, -0.05) is 36.4 Å². The van der Waals surface area contributed by atoms with Crippen LogP contribution in [0.3, 0.4) is 0 Å². The Bertz CT molecular complexity index is 1100. The van der Waals surface area contributed by atoms with Crippen LogP contribution in [0.15, 0.2) is 60.7 Å². The summed E-state index contributed by atoms with van der Waals surface area (Å²) in [6, 6.07) is 17.5. The van der Waals surface area contributed by atoms with Crippen LogP contribution >= 0.6 is 0 Å². The third-order valence-electron chi connectivity index (χ3n) is 5.29. The lowest BCUT2D eigenvalue weighted by Gasteiger charge is -2.23. The lowest BCUT2D eigenvalue weighted by atomic mass is 10.1. The molecule has 1 aliphatic heterocycles. The number of fused-ring (bicyclic) bond motifs is 1. The summed E-state index contributed by atoms with van der Waals surface area (Å²) in [7, 11) is 3.18. The fourth-order valence-electron chi connectivity index (χ4n) is 3.75. The maximum Gasteiger partial charge on any atom is 0.251 e. The molecule has 5 nitrogen and oxygen atoms in total. The fraction of sp³-hybridized carbons (Fsp3) is 0.217. The standard InChI is InChI=1S/C23H21FN2O3/c1-25(14-15-7-10-21(29-2)19(24)11-15)20-13-22(27)26(23(20)28)18-9-8-16-5-3-4-6-17(16)12-18/h3-12,20H,13-14H2,1-2H3/t20-/m0/s1. The molecule has 148 valence electrons. The van der Waals surface area contributed by atoms with Crippen LogP contribution in [0.4, 0.5) is 10.1 Å². The number of carbonyl (C=O) groups excluding carboxylic acids is 2. The number of rotatable bonds is 5. The summed E-state index contributed by atoms with van der Waals surface area (Å²) in [6.45, 7) is 0.343. The molecule has 0 saturated carbocycles. The average molecular weight is 392 g/mol. The molecule has 0 aromatic heterocycles. The second-order valence-corrected chi connectivity index (χ2v) is 7.20. The Morgan fingerprint density at radius 3 is 2.55 bits per heavy atom. The first-order valence-corrected chi connectivity index (χ1v) is 9.36. The zero-order valence-electron chi connectivity index (χ0n) is 16.3. The number of imide groups is 1. The molecule has 0 bridgehead atoms. The van der Waals surface area contributed by atoms with E-state index in [0.29, 0.717) is 17.8 Å². The van der Waals surface area contributed by atoms with Crippen molar-refractivity contribution in [3.8, 4) is 5.75 Å². The molecule has 0 radical (unpaired) electrons. The summed E-state index contributed by atoms with van der Waals surface area (Å²) in [5.74, 6) is -0.777. The minimum atomic E-state index is -0.584. The summed E-state index contributed by atoms with van der Waals surface area (Å²) in [5.41, 5.74) is 1.28. The molecule has 1 fully saturated rings. The van der Waals surface area contributed by atoms with Gasteiger partial charge in [-0.15, -0.1) is 0 Å². The van der Waals surface area contributed by atoms with Crippen LogP contribution in [0.1, 0.15) is 12.0 Å². The number of ether oxygens (including phenoxy) is 1. The van der Waals surface area contributed by atoms with Gasteiger partial charge in [-0.2, -0.15) is 0 Å². The van der Waals surface area contributed by atoms with E-state index in [4.69, 9.17) is 4.74 Å². The molecule has 1 aliphatic rings. The molecule has 0 unspecified atom stereocenters. The highest BCUT2D eigenvalue weighted by molar-refractivity contribution is 6.22. The van der Waals surface area contributed by atoms with E-state index in [9.17, 15) is 14.0 Å². The van der Waals surface area contributed by atoms with Crippen molar-refractivity contribution in [3.05, 3.63) is 72.0 Å².